The number of ether oxygens (including phenoxy) is 1. The Bertz CT molecular complexity index is 1070. The molecule has 36 heavy (non-hydrogen) atoms. The molecule has 2 bridgehead atoms. The largest absolute Gasteiger partial charge is 0.495 e. The van der Waals surface area contributed by atoms with Crippen molar-refractivity contribution in [2.75, 3.05) is 51.3 Å². The maximum absolute atomic E-state index is 13.6. The van der Waals surface area contributed by atoms with E-state index in [1.165, 1.54) is 0 Å². The Morgan fingerprint density at radius 2 is 1.92 bits per heavy atom. The van der Waals surface area contributed by atoms with Gasteiger partial charge in [-0.3, -0.25) is 14.4 Å². The highest BCUT2D eigenvalue weighted by molar-refractivity contribution is 5.80. The van der Waals surface area contributed by atoms with E-state index < -0.39 is 5.60 Å². The van der Waals surface area contributed by atoms with Crippen molar-refractivity contribution in [3.63, 3.8) is 0 Å². The normalized spacial score (nSPS) is 29.5. The van der Waals surface area contributed by atoms with Crippen LogP contribution in [0.2, 0.25) is 0 Å². The zero-order chi connectivity index (χ0) is 24.7. The molecule has 1 N–H and O–H groups in total. The first kappa shape index (κ1) is 23.7. The summed E-state index contributed by atoms with van der Waals surface area (Å²) < 4.78 is 7.44. The number of hydrogen-bond donors (Lipinski definition) is 1. The van der Waals surface area contributed by atoms with Crippen molar-refractivity contribution >= 4 is 11.6 Å². The summed E-state index contributed by atoms with van der Waals surface area (Å²) in [5.41, 5.74) is 1.03. The summed E-state index contributed by atoms with van der Waals surface area (Å²) >= 11 is 0. The Labute approximate surface area is 213 Å². The number of benzene rings is 1. The third-order valence-electron chi connectivity index (χ3n) is 9.06. The quantitative estimate of drug-likeness (QED) is 0.658. The number of piperazine rings is 1. The highest BCUT2D eigenvalue weighted by Gasteiger charge is 2.45. The van der Waals surface area contributed by atoms with Crippen LogP contribution in [0.5, 0.6) is 5.75 Å². The highest BCUT2D eigenvalue weighted by Crippen LogP contribution is 2.39. The minimum atomic E-state index is -0.794. The molecular weight excluding hydrogens is 456 g/mol. The van der Waals surface area contributed by atoms with Gasteiger partial charge in [0, 0.05) is 38.8 Å². The third kappa shape index (κ3) is 4.36. The zero-order valence-electron chi connectivity index (χ0n) is 21.3. The Morgan fingerprint density at radius 3 is 2.64 bits per heavy atom. The molecule has 2 aromatic rings. The molecule has 1 unspecified atom stereocenters. The molecule has 1 aromatic carbocycles. The van der Waals surface area contributed by atoms with Gasteiger partial charge in [-0.15, -0.1) is 5.10 Å². The first-order chi connectivity index (χ1) is 17.5. The SMILES string of the molecule is COc1ccccc1N1CCN(C(=O)[C@@H]2CN3CC[C@H]2C[C@@H]3Cn2cc(C3(O)CCCC3)nn2)CC1. The number of aliphatic hydroxyl groups is 1. The van der Waals surface area contributed by atoms with Crippen LogP contribution in [0, 0.1) is 11.8 Å². The summed E-state index contributed by atoms with van der Waals surface area (Å²) in [6, 6.07) is 8.49. The Balaban J connectivity index is 1.05. The fourth-order valence-corrected chi connectivity index (χ4v) is 6.93. The average molecular weight is 495 g/mol. The molecule has 0 radical (unpaired) electrons. The van der Waals surface area contributed by atoms with Crippen molar-refractivity contribution in [3.05, 3.63) is 36.2 Å². The van der Waals surface area contributed by atoms with E-state index in [4.69, 9.17) is 4.74 Å². The summed E-state index contributed by atoms with van der Waals surface area (Å²) in [7, 11) is 1.71. The molecule has 1 aromatic heterocycles. The lowest BCUT2D eigenvalue weighted by molar-refractivity contribution is -0.144. The van der Waals surface area contributed by atoms with Crippen molar-refractivity contribution in [1.29, 1.82) is 0 Å². The maximum Gasteiger partial charge on any atom is 0.227 e. The first-order valence-corrected chi connectivity index (χ1v) is 13.6. The number of amides is 1. The standard InChI is InChI=1S/C27H38N6O3/c1-36-24-7-3-2-6-23(24)30-12-14-31(15-13-30)26(34)22-18-32-11-8-20(22)16-21(32)17-33-19-25(28-29-33)27(35)9-4-5-10-27/h2-3,6-7,19-22,35H,4-5,8-18H2,1H3/t20-,21+,22+/m0/s1. The van der Waals surface area contributed by atoms with Crippen LogP contribution in [0.15, 0.2) is 30.5 Å². The average Bonchev–Trinajstić information content (AvgIpc) is 3.59. The number of carbonyl (C=O) groups is 1. The molecular formula is C27H38N6O3. The van der Waals surface area contributed by atoms with E-state index in [1.54, 1.807) is 7.11 Å². The zero-order valence-corrected chi connectivity index (χ0v) is 21.3. The van der Waals surface area contributed by atoms with Crippen molar-refractivity contribution in [1.82, 2.24) is 24.8 Å². The van der Waals surface area contributed by atoms with E-state index in [9.17, 15) is 9.90 Å². The van der Waals surface area contributed by atoms with Crippen molar-refractivity contribution in [2.45, 2.75) is 56.7 Å². The van der Waals surface area contributed by atoms with Gasteiger partial charge in [0.25, 0.3) is 0 Å². The van der Waals surface area contributed by atoms with E-state index >= 15 is 0 Å². The molecule has 9 nitrogen and oxygen atoms in total. The van der Waals surface area contributed by atoms with Gasteiger partial charge in [-0.05, 0) is 50.3 Å². The Hall–Kier alpha value is -2.65. The minimum absolute atomic E-state index is 0.0957. The summed E-state index contributed by atoms with van der Waals surface area (Å²) in [4.78, 5) is 20.5. The molecule has 4 aliphatic heterocycles. The molecule has 5 aliphatic rings. The van der Waals surface area contributed by atoms with Crippen LogP contribution in [-0.4, -0.2) is 88.2 Å². The fraction of sp³-hybridized carbons (Fsp3) is 0.667. The lowest BCUT2D eigenvalue weighted by Gasteiger charge is -2.50. The molecule has 0 spiro atoms. The van der Waals surface area contributed by atoms with Gasteiger partial charge in [-0.2, -0.15) is 0 Å². The van der Waals surface area contributed by atoms with Gasteiger partial charge in [0.2, 0.25) is 5.91 Å². The van der Waals surface area contributed by atoms with Gasteiger partial charge >= 0.3 is 0 Å². The number of anilines is 1. The predicted octanol–water partition coefficient (Wildman–Crippen LogP) is 2.11. The van der Waals surface area contributed by atoms with Crippen LogP contribution < -0.4 is 9.64 Å². The van der Waals surface area contributed by atoms with Crippen LogP contribution in [0.4, 0.5) is 5.69 Å². The number of nitrogens with zero attached hydrogens (tertiary/aromatic N) is 6. The van der Waals surface area contributed by atoms with Crippen LogP contribution in [0.25, 0.3) is 0 Å². The molecule has 5 fully saturated rings. The number of carbonyl (C=O) groups excluding carboxylic acids is 1. The molecule has 4 atom stereocenters. The Morgan fingerprint density at radius 1 is 1.14 bits per heavy atom. The molecule has 1 amide bonds. The van der Waals surface area contributed by atoms with Gasteiger partial charge in [0.1, 0.15) is 17.0 Å². The molecule has 194 valence electrons. The molecule has 9 heteroatoms. The van der Waals surface area contributed by atoms with Gasteiger partial charge in [-0.1, -0.05) is 30.2 Å². The number of hydrogen-bond acceptors (Lipinski definition) is 7. The third-order valence-corrected chi connectivity index (χ3v) is 9.06. The summed E-state index contributed by atoms with van der Waals surface area (Å²) in [5.74, 6) is 1.74. The number of para-hydroxylation sites is 2. The highest BCUT2D eigenvalue weighted by atomic mass is 16.5. The predicted molar refractivity (Wildman–Crippen MR) is 136 cm³/mol. The first-order valence-electron chi connectivity index (χ1n) is 13.6. The second kappa shape index (κ2) is 9.67. The number of aromatic nitrogens is 3. The molecule has 4 saturated heterocycles. The summed E-state index contributed by atoms with van der Waals surface area (Å²) in [6.07, 6.45) is 7.71. The fourth-order valence-electron chi connectivity index (χ4n) is 6.93. The van der Waals surface area contributed by atoms with E-state index in [0.717, 1.165) is 101 Å². The van der Waals surface area contributed by atoms with Crippen molar-refractivity contribution in [3.8, 4) is 5.75 Å². The van der Waals surface area contributed by atoms with Crippen molar-refractivity contribution < 1.29 is 14.6 Å². The molecule has 7 rings (SSSR count). The summed E-state index contributed by atoms with van der Waals surface area (Å²) in [5, 5.41) is 19.5. The maximum atomic E-state index is 13.6. The smallest absolute Gasteiger partial charge is 0.227 e. The number of methoxy groups -OCH3 is 1. The minimum Gasteiger partial charge on any atom is -0.495 e. The van der Waals surface area contributed by atoms with Crippen LogP contribution in [-0.2, 0) is 16.9 Å². The monoisotopic (exact) mass is 494 g/mol. The van der Waals surface area contributed by atoms with Gasteiger partial charge in [-0.25, -0.2) is 0 Å². The van der Waals surface area contributed by atoms with Crippen LogP contribution in [0.1, 0.15) is 44.2 Å². The van der Waals surface area contributed by atoms with Gasteiger partial charge in [0.15, 0.2) is 0 Å². The van der Waals surface area contributed by atoms with Gasteiger partial charge in [0.05, 0.1) is 31.5 Å². The Kier molecular flexibility index (Phi) is 6.37. The van der Waals surface area contributed by atoms with Crippen LogP contribution in [0.3, 0.4) is 0 Å². The second-order valence-corrected chi connectivity index (χ2v) is 11.1. The van der Waals surface area contributed by atoms with E-state index in [-0.39, 0.29) is 5.92 Å². The number of rotatable bonds is 6. The van der Waals surface area contributed by atoms with E-state index in [0.29, 0.717) is 17.9 Å². The number of fused-ring (bicyclic) bond motifs is 3. The van der Waals surface area contributed by atoms with Crippen LogP contribution >= 0.6 is 0 Å². The number of piperidine rings is 3. The second-order valence-electron chi connectivity index (χ2n) is 11.1. The molecule has 5 heterocycles. The lowest BCUT2D eigenvalue weighted by Crippen LogP contribution is -2.60. The van der Waals surface area contributed by atoms with E-state index in [1.807, 2.05) is 29.1 Å². The van der Waals surface area contributed by atoms with E-state index in [2.05, 4.69) is 31.1 Å². The van der Waals surface area contributed by atoms with Crippen molar-refractivity contribution in [2.24, 2.45) is 11.8 Å². The molecule has 1 aliphatic carbocycles. The van der Waals surface area contributed by atoms with Gasteiger partial charge < -0.3 is 19.6 Å². The topological polar surface area (TPSA) is 87.0 Å². The summed E-state index contributed by atoms with van der Waals surface area (Å²) in [6.45, 7) is 5.84. The molecule has 1 saturated carbocycles. The lowest BCUT2D eigenvalue weighted by atomic mass is 9.75.